The first kappa shape index (κ1) is 12.9. The Hall–Kier alpha value is -1.51. The number of amides is 1. The van der Waals surface area contributed by atoms with Crippen LogP contribution in [0.3, 0.4) is 0 Å². The molecule has 1 aliphatic heterocycles. The Morgan fingerprint density at radius 1 is 1.22 bits per heavy atom. The van der Waals surface area contributed by atoms with Crippen LogP contribution >= 0.6 is 0 Å². The number of anilines is 1. The van der Waals surface area contributed by atoms with Crippen molar-refractivity contribution in [2.24, 2.45) is 0 Å². The van der Waals surface area contributed by atoms with Crippen LogP contribution < -0.4 is 10.1 Å². The molecule has 0 spiro atoms. The van der Waals surface area contributed by atoms with Crippen LogP contribution in [0.2, 0.25) is 0 Å². The fourth-order valence-corrected chi connectivity index (χ4v) is 2.10. The second-order valence-electron chi connectivity index (χ2n) is 6.45. The molecule has 3 nitrogen and oxygen atoms in total. The first-order valence-electron chi connectivity index (χ1n) is 6.27. The molecule has 0 aliphatic carbocycles. The van der Waals surface area contributed by atoms with Crippen LogP contribution in [0.1, 0.15) is 45.7 Å². The van der Waals surface area contributed by atoms with E-state index in [0.717, 1.165) is 22.6 Å². The normalized spacial score (nSPS) is 17.8. The minimum Gasteiger partial charge on any atom is -0.476 e. The van der Waals surface area contributed by atoms with Gasteiger partial charge in [0.25, 0.3) is 5.91 Å². The largest absolute Gasteiger partial charge is 0.476 e. The SMILES string of the molecule is Cc1ccc(C(C)(C)C)c2c1NC(=O)C(C)(C)O2. The zero-order chi connectivity index (χ0) is 13.7. The number of hydrogen-bond donors (Lipinski definition) is 1. The number of nitrogens with one attached hydrogen (secondary N) is 1. The fraction of sp³-hybridized carbons (Fsp3) is 0.533. The van der Waals surface area contributed by atoms with E-state index in [1.807, 2.05) is 13.0 Å². The summed E-state index contributed by atoms with van der Waals surface area (Å²) in [6.45, 7) is 12.0. The Bertz CT molecular complexity index is 510. The summed E-state index contributed by atoms with van der Waals surface area (Å²) in [5.41, 5.74) is 2.13. The van der Waals surface area contributed by atoms with Crippen LogP contribution in [0.25, 0.3) is 0 Å². The van der Waals surface area contributed by atoms with Crippen LogP contribution in [0.4, 0.5) is 5.69 Å². The van der Waals surface area contributed by atoms with Crippen LogP contribution in [0.15, 0.2) is 12.1 Å². The number of ether oxygens (including phenoxy) is 1. The van der Waals surface area contributed by atoms with Gasteiger partial charge in [-0.15, -0.1) is 0 Å². The lowest BCUT2D eigenvalue weighted by molar-refractivity contribution is -0.129. The van der Waals surface area contributed by atoms with Crippen molar-refractivity contribution >= 4 is 11.6 Å². The van der Waals surface area contributed by atoms with Gasteiger partial charge in [0.1, 0.15) is 5.75 Å². The van der Waals surface area contributed by atoms with E-state index in [1.165, 1.54) is 0 Å². The number of benzene rings is 1. The highest BCUT2D eigenvalue weighted by Crippen LogP contribution is 2.43. The number of aryl methyl sites for hydroxylation is 1. The van der Waals surface area contributed by atoms with Crippen LogP contribution in [0, 0.1) is 6.92 Å². The van der Waals surface area contributed by atoms with Gasteiger partial charge in [0.05, 0.1) is 5.69 Å². The molecule has 3 heteroatoms. The van der Waals surface area contributed by atoms with Crippen molar-refractivity contribution in [3.05, 3.63) is 23.3 Å². The molecule has 0 aromatic heterocycles. The molecule has 1 aromatic carbocycles. The lowest BCUT2D eigenvalue weighted by Gasteiger charge is -2.36. The van der Waals surface area contributed by atoms with Crippen LogP contribution in [0.5, 0.6) is 5.75 Å². The first-order chi connectivity index (χ1) is 8.13. The summed E-state index contributed by atoms with van der Waals surface area (Å²) in [4.78, 5) is 12.0. The van der Waals surface area contributed by atoms with Gasteiger partial charge in [0.2, 0.25) is 0 Å². The maximum absolute atomic E-state index is 12.0. The summed E-state index contributed by atoms with van der Waals surface area (Å²) in [5, 5.41) is 2.97. The number of carbonyl (C=O) groups excluding carboxylic acids is 1. The average molecular weight is 247 g/mol. The van der Waals surface area contributed by atoms with Crippen molar-refractivity contribution in [1.82, 2.24) is 0 Å². The molecule has 1 aromatic rings. The second-order valence-corrected chi connectivity index (χ2v) is 6.45. The third kappa shape index (κ3) is 1.98. The van der Waals surface area contributed by atoms with E-state index >= 15 is 0 Å². The minimum atomic E-state index is -0.819. The lowest BCUT2D eigenvalue weighted by Crippen LogP contribution is -2.46. The Labute approximate surface area is 109 Å². The Morgan fingerprint density at radius 2 is 1.83 bits per heavy atom. The summed E-state index contributed by atoms with van der Waals surface area (Å²) in [7, 11) is 0. The molecule has 18 heavy (non-hydrogen) atoms. The summed E-state index contributed by atoms with van der Waals surface area (Å²) in [6.07, 6.45) is 0. The molecule has 1 N–H and O–H groups in total. The van der Waals surface area contributed by atoms with Crippen LogP contribution in [-0.4, -0.2) is 11.5 Å². The highest BCUT2D eigenvalue weighted by atomic mass is 16.5. The topological polar surface area (TPSA) is 38.3 Å². The van der Waals surface area contributed by atoms with Gasteiger partial charge in [0, 0.05) is 5.56 Å². The maximum atomic E-state index is 12.0. The molecule has 0 atom stereocenters. The standard InChI is InChI=1S/C15H21NO2/c1-9-7-8-10(14(2,3)4)12-11(9)16-13(17)15(5,6)18-12/h7-8H,1-6H3,(H,16,17). The minimum absolute atomic E-state index is 0.0179. The van der Waals surface area contributed by atoms with Crippen molar-refractivity contribution in [3.63, 3.8) is 0 Å². The molecule has 0 bridgehead atoms. The van der Waals surface area contributed by atoms with Gasteiger partial charge in [0.15, 0.2) is 5.60 Å². The van der Waals surface area contributed by atoms with E-state index < -0.39 is 5.60 Å². The number of carbonyl (C=O) groups is 1. The Kier molecular flexibility index (Phi) is 2.69. The summed E-state index contributed by atoms with van der Waals surface area (Å²) >= 11 is 0. The monoisotopic (exact) mass is 247 g/mol. The fourth-order valence-electron chi connectivity index (χ4n) is 2.10. The van der Waals surface area contributed by atoms with Crippen LogP contribution in [-0.2, 0) is 10.2 Å². The van der Waals surface area contributed by atoms with E-state index in [2.05, 4.69) is 32.2 Å². The maximum Gasteiger partial charge on any atom is 0.268 e. The quantitative estimate of drug-likeness (QED) is 0.763. The molecule has 0 fully saturated rings. The van der Waals surface area contributed by atoms with Crippen molar-refractivity contribution in [2.75, 3.05) is 5.32 Å². The van der Waals surface area contributed by atoms with Gasteiger partial charge in [-0.1, -0.05) is 32.9 Å². The molecular formula is C15H21NO2. The highest BCUT2D eigenvalue weighted by molar-refractivity contribution is 6.01. The lowest BCUT2D eigenvalue weighted by atomic mass is 9.84. The molecule has 1 heterocycles. The predicted molar refractivity (Wildman–Crippen MR) is 73.2 cm³/mol. The second kappa shape index (κ2) is 3.74. The molecule has 98 valence electrons. The third-order valence-corrected chi connectivity index (χ3v) is 3.32. The van der Waals surface area contributed by atoms with E-state index in [4.69, 9.17) is 4.74 Å². The van der Waals surface area contributed by atoms with Crippen molar-refractivity contribution in [1.29, 1.82) is 0 Å². The van der Waals surface area contributed by atoms with Gasteiger partial charge < -0.3 is 10.1 Å². The number of hydrogen-bond acceptors (Lipinski definition) is 2. The average Bonchev–Trinajstić information content (AvgIpc) is 2.19. The van der Waals surface area contributed by atoms with Gasteiger partial charge in [-0.2, -0.15) is 0 Å². The molecule has 1 aliphatic rings. The zero-order valence-corrected chi connectivity index (χ0v) is 12.0. The highest BCUT2D eigenvalue weighted by Gasteiger charge is 2.38. The van der Waals surface area contributed by atoms with Gasteiger partial charge >= 0.3 is 0 Å². The molecule has 0 radical (unpaired) electrons. The summed E-state index contributed by atoms with van der Waals surface area (Å²) < 4.78 is 5.96. The molecule has 0 saturated carbocycles. The number of fused-ring (bicyclic) bond motifs is 1. The van der Waals surface area contributed by atoms with Gasteiger partial charge in [-0.3, -0.25) is 4.79 Å². The van der Waals surface area contributed by atoms with Gasteiger partial charge in [-0.25, -0.2) is 0 Å². The van der Waals surface area contributed by atoms with Gasteiger partial charge in [-0.05, 0) is 31.7 Å². The zero-order valence-electron chi connectivity index (χ0n) is 12.0. The van der Waals surface area contributed by atoms with E-state index in [9.17, 15) is 4.79 Å². The smallest absolute Gasteiger partial charge is 0.268 e. The Balaban J connectivity index is 2.65. The molecular weight excluding hydrogens is 226 g/mol. The third-order valence-electron chi connectivity index (χ3n) is 3.32. The van der Waals surface area contributed by atoms with Crippen molar-refractivity contribution in [2.45, 2.75) is 52.6 Å². The van der Waals surface area contributed by atoms with Crippen molar-refractivity contribution < 1.29 is 9.53 Å². The summed E-state index contributed by atoms with van der Waals surface area (Å²) in [5.74, 6) is 0.719. The van der Waals surface area contributed by atoms with E-state index in [0.29, 0.717) is 0 Å². The predicted octanol–water partition coefficient (Wildman–Crippen LogP) is 3.40. The Morgan fingerprint density at radius 3 is 2.39 bits per heavy atom. The van der Waals surface area contributed by atoms with Crippen molar-refractivity contribution in [3.8, 4) is 5.75 Å². The molecule has 0 saturated heterocycles. The molecule has 1 amide bonds. The number of rotatable bonds is 0. The molecule has 0 unspecified atom stereocenters. The van der Waals surface area contributed by atoms with E-state index in [1.54, 1.807) is 13.8 Å². The van der Waals surface area contributed by atoms with E-state index in [-0.39, 0.29) is 11.3 Å². The molecule has 2 rings (SSSR count). The first-order valence-corrected chi connectivity index (χ1v) is 6.27. The summed E-state index contributed by atoms with van der Waals surface area (Å²) in [6, 6.07) is 4.11.